The van der Waals surface area contributed by atoms with Crippen molar-refractivity contribution in [1.29, 1.82) is 0 Å². The Morgan fingerprint density at radius 3 is 2.75 bits per heavy atom. The summed E-state index contributed by atoms with van der Waals surface area (Å²) in [6, 6.07) is 0.139. The number of carboxylic acids is 1. The van der Waals surface area contributed by atoms with Gasteiger partial charge in [0.25, 0.3) is 0 Å². The molecule has 1 saturated heterocycles. The molecular formula is C12H24N2O2. The molecule has 16 heavy (non-hydrogen) atoms. The SMILES string of the molecule is CCCC(C(=O)O)N1CCCC1CN(C)C. The van der Waals surface area contributed by atoms with Crippen molar-refractivity contribution in [1.82, 2.24) is 9.80 Å². The maximum absolute atomic E-state index is 11.3. The van der Waals surface area contributed by atoms with Crippen molar-refractivity contribution in [2.24, 2.45) is 0 Å². The van der Waals surface area contributed by atoms with E-state index in [-0.39, 0.29) is 6.04 Å². The fraction of sp³-hybridized carbons (Fsp3) is 0.917. The molecule has 94 valence electrons. The second-order valence-electron chi connectivity index (χ2n) is 4.94. The van der Waals surface area contributed by atoms with E-state index in [9.17, 15) is 9.90 Å². The topological polar surface area (TPSA) is 43.8 Å². The summed E-state index contributed by atoms with van der Waals surface area (Å²) in [4.78, 5) is 15.6. The first-order chi connectivity index (χ1) is 7.56. The molecule has 0 radical (unpaired) electrons. The Hall–Kier alpha value is -0.610. The largest absolute Gasteiger partial charge is 0.480 e. The molecule has 0 spiro atoms. The van der Waals surface area contributed by atoms with Gasteiger partial charge in [0, 0.05) is 12.6 Å². The van der Waals surface area contributed by atoms with Gasteiger partial charge in [-0.05, 0) is 39.9 Å². The van der Waals surface area contributed by atoms with Crippen LogP contribution in [0.2, 0.25) is 0 Å². The minimum absolute atomic E-state index is 0.280. The second-order valence-corrected chi connectivity index (χ2v) is 4.94. The van der Waals surface area contributed by atoms with Crippen molar-refractivity contribution in [2.45, 2.75) is 44.7 Å². The summed E-state index contributed by atoms with van der Waals surface area (Å²) in [5.74, 6) is -0.660. The number of carbonyl (C=O) groups is 1. The van der Waals surface area contributed by atoms with Crippen LogP contribution in [0.5, 0.6) is 0 Å². The number of likely N-dealkylation sites (N-methyl/N-ethyl adjacent to an activating group) is 1. The smallest absolute Gasteiger partial charge is 0.320 e. The van der Waals surface area contributed by atoms with E-state index in [1.807, 2.05) is 21.0 Å². The predicted octanol–water partition coefficient (Wildman–Crippen LogP) is 1.27. The molecule has 1 N–H and O–H groups in total. The van der Waals surface area contributed by atoms with Gasteiger partial charge in [0.15, 0.2) is 0 Å². The van der Waals surface area contributed by atoms with E-state index in [0.717, 1.165) is 38.8 Å². The van der Waals surface area contributed by atoms with Crippen molar-refractivity contribution in [3.8, 4) is 0 Å². The van der Waals surface area contributed by atoms with E-state index in [4.69, 9.17) is 0 Å². The minimum atomic E-state index is -0.660. The van der Waals surface area contributed by atoms with Gasteiger partial charge in [0.2, 0.25) is 0 Å². The molecule has 1 aliphatic rings. The maximum Gasteiger partial charge on any atom is 0.320 e. The summed E-state index contributed by atoms with van der Waals surface area (Å²) < 4.78 is 0. The number of nitrogens with zero attached hydrogens (tertiary/aromatic N) is 2. The summed E-state index contributed by atoms with van der Waals surface area (Å²) in [6.07, 6.45) is 3.96. The minimum Gasteiger partial charge on any atom is -0.480 e. The number of aliphatic carboxylic acids is 1. The quantitative estimate of drug-likeness (QED) is 0.743. The van der Waals surface area contributed by atoms with Crippen molar-refractivity contribution in [3.63, 3.8) is 0 Å². The third-order valence-electron chi connectivity index (χ3n) is 3.25. The van der Waals surface area contributed by atoms with Crippen LogP contribution in [0.25, 0.3) is 0 Å². The Morgan fingerprint density at radius 2 is 2.25 bits per heavy atom. The molecule has 0 saturated carbocycles. The maximum atomic E-state index is 11.3. The third-order valence-corrected chi connectivity index (χ3v) is 3.25. The van der Waals surface area contributed by atoms with Crippen molar-refractivity contribution >= 4 is 5.97 Å². The lowest BCUT2D eigenvalue weighted by atomic mass is 10.1. The summed E-state index contributed by atoms with van der Waals surface area (Å²) in [6.45, 7) is 3.95. The van der Waals surface area contributed by atoms with Crippen LogP contribution in [0.15, 0.2) is 0 Å². The van der Waals surface area contributed by atoms with E-state index >= 15 is 0 Å². The number of hydrogen-bond donors (Lipinski definition) is 1. The molecule has 2 atom stereocenters. The van der Waals surface area contributed by atoms with Crippen LogP contribution in [0.4, 0.5) is 0 Å². The zero-order chi connectivity index (χ0) is 12.1. The van der Waals surface area contributed by atoms with Crippen molar-refractivity contribution in [3.05, 3.63) is 0 Å². The van der Waals surface area contributed by atoms with E-state index < -0.39 is 5.97 Å². The van der Waals surface area contributed by atoms with Crippen molar-refractivity contribution < 1.29 is 9.90 Å². The Balaban J connectivity index is 2.63. The molecule has 0 aromatic carbocycles. The third kappa shape index (κ3) is 3.46. The highest BCUT2D eigenvalue weighted by Gasteiger charge is 2.34. The second kappa shape index (κ2) is 6.21. The fourth-order valence-corrected chi connectivity index (χ4v) is 2.59. The van der Waals surface area contributed by atoms with Gasteiger partial charge in [-0.2, -0.15) is 0 Å². The number of carboxylic acid groups (broad SMARTS) is 1. The number of rotatable bonds is 6. The standard InChI is InChI=1S/C12H24N2O2/c1-4-6-11(12(15)16)14-8-5-7-10(14)9-13(2)3/h10-11H,4-9H2,1-3H3,(H,15,16). The van der Waals surface area contributed by atoms with Gasteiger partial charge in [0.1, 0.15) is 6.04 Å². The monoisotopic (exact) mass is 228 g/mol. The van der Waals surface area contributed by atoms with Crippen LogP contribution in [0.1, 0.15) is 32.6 Å². The van der Waals surface area contributed by atoms with E-state index in [1.54, 1.807) is 0 Å². The van der Waals surface area contributed by atoms with Gasteiger partial charge in [-0.15, -0.1) is 0 Å². The van der Waals surface area contributed by atoms with Crippen LogP contribution < -0.4 is 0 Å². The Morgan fingerprint density at radius 1 is 1.56 bits per heavy atom. The van der Waals surface area contributed by atoms with Crippen LogP contribution in [0.3, 0.4) is 0 Å². The molecule has 1 fully saturated rings. The normalized spacial score (nSPS) is 23.9. The average molecular weight is 228 g/mol. The van der Waals surface area contributed by atoms with Crippen LogP contribution in [-0.4, -0.2) is 60.1 Å². The van der Waals surface area contributed by atoms with Crippen molar-refractivity contribution in [2.75, 3.05) is 27.2 Å². The Bertz CT molecular complexity index is 231. The molecule has 0 aromatic rings. The first kappa shape index (κ1) is 13.5. The van der Waals surface area contributed by atoms with E-state index in [0.29, 0.717) is 6.04 Å². The molecule has 0 aromatic heterocycles. The Kier molecular flexibility index (Phi) is 5.22. The zero-order valence-electron chi connectivity index (χ0n) is 10.6. The molecule has 1 aliphatic heterocycles. The summed E-state index contributed by atoms with van der Waals surface area (Å²) in [5.41, 5.74) is 0. The van der Waals surface area contributed by atoms with Gasteiger partial charge in [0.05, 0.1) is 0 Å². The highest BCUT2D eigenvalue weighted by molar-refractivity contribution is 5.73. The highest BCUT2D eigenvalue weighted by atomic mass is 16.4. The summed E-state index contributed by atoms with van der Waals surface area (Å²) in [5, 5.41) is 9.26. The number of likely N-dealkylation sites (tertiary alicyclic amines) is 1. The lowest BCUT2D eigenvalue weighted by molar-refractivity contribution is -0.144. The van der Waals surface area contributed by atoms with Gasteiger partial charge in [-0.3, -0.25) is 9.69 Å². The molecule has 1 heterocycles. The molecule has 1 rings (SSSR count). The predicted molar refractivity (Wildman–Crippen MR) is 64.6 cm³/mol. The lowest BCUT2D eigenvalue weighted by Gasteiger charge is -2.31. The van der Waals surface area contributed by atoms with Gasteiger partial charge < -0.3 is 10.0 Å². The average Bonchev–Trinajstić information content (AvgIpc) is 2.60. The summed E-state index contributed by atoms with van der Waals surface area (Å²) >= 11 is 0. The van der Waals surface area contributed by atoms with Crippen LogP contribution in [-0.2, 0) is 4.79 Å². The molecule has 4 nitrogen and oxygen atoms in total. The molecule has 2 unspecified atom stereocenters. The molecule has 0 bridgehead atoms. The summed E-state index contributed by atoms with van der Waals surface area (Å²) in [7, 11) is 4.10. The number of hydrogen-bond acceptors (Lipinski definition) is 3. The Labute approximate surface area is 98.2 Å². The molecular weight excluding hydrogens is 204 g/mol. The fourth-order valence-electron chi connectivity index (χ4n) is 2.59. The molecule has 0 aliphatic carbocycles. The lowest BCUT2D eigenvalue weighted by Crippen LogP contribution is -2.47. The van der Waals surface area contributed by atoms with E-state index in [1.165, 1.54) is 0 Å². The van der Waals surface area contributed by atoms with Gasteiger partial charge >= 0.3 is 5.97 Å². The van der Waals surface area contributed by atoms with Crippen LogP contribution in [0, 0.1) is 0 Å². The first-order valence-electron chi connectivity index (χ1n) is 6.19. The van der Waals surface area contributed by atoms with Crippen LogP contribution >= 0.6 is 0 Å². The first-order valence-corrected chi connectivity index (χ1v) is 6.19. The highest BCUT2D eigenvalue weighted by Crippen LogP contribution is 2.23. The molecule has 4 heteroatoms. The van der Waals surface area contributed by atoms with Gasteiger partial charge in [-0.1, -0.05) is 13.3 Å². The molecule has 0 amide bonds. The van der Waals surface area contributed by atoms with E-state index in [2.05, 4.69) is 9.80 Å². The van der Waals surface area contributed by atoms with Gasteiger partial charge in [-0.25, -0.2) is 0 Å². The zero-order valence-corrected chi connectivity index (χ0v) is 10.6.